The zero-order chi connectivity index (χ0) is 44.5. The molecule has 1 saturated heterocycles. The van der Waals surface area contributed by atoms with Gasteiger partial charge < -0.3 is 45.0 Å². The third kappa shape index (κ3) is 20.7. The second kappa shape index (κ2) is 28.7. The molecule has 2 amide bonds. The lowest BCUT2D eigenvalue weighted by molar-refractivity contribution is -0.141. The van der Waals surface area contributed by atoms with Crippen LogP contribution in [0.4, 0.5) is 8.78 Å². The Morgan fingerprint density at radius 1 is 0.951 bits per heavy atom. The predicted octanol–water partition coefficient (Wildman–Crippen LogP) is 7.03. The van der Waals surface area contributed by atoms with Crippen LogP contribution in [0.3, 0.4) is 0 Å². The van der Waals surface area contributed by atoms with Crippen molar-refractivity contribution in [3.63, 3.8) is 0 Å². The van der Waals surface area contributed by atoms with Gasteiger partial charge in [-0.05, 0) is 79.9 Å². The fourth-order valence-corrected chi connectivity index (χ4v) is 7.67. The van der Waals surface area contributed by atoms with E-state index in [1.54, 1.807) is 0 Å². The van der Waals surface area contributed by atoms with Crippen molar-refractivity contribution >= 4 is 29.5 Å². The Hall–Kier alpha value is -3.86. The number of halogens is 2. The van der Waals surface area contributed by atoms with Crippen LogP contribution in [0.25, 0.3) is 11.1 Å². The number of carboxylic acid groups (broad SMARTS) is 1. The highest BCUT2D eigenvalue weighted by Gasteiger charge is 2.31. The maximum Gasteiger partial charge on any atom is 0.327 e. The van der Waals surface area contributed by atoms with Crippen LogP contribution in [-0.4, -0.2) is 111 Å². The van der Waals surface area contributed by atoms with Crippen molar-refractivity contribution in [2.75, 3.05) is 77.5 Å². The summed E-state index contributed by atoms with van der Waals surface area (Å²) >= 11 is 1.05. The van der Waals surface area contributed by atoms with E-state index in [0.717, 1.165) is 62.2 Å². The smallest absolute Gasteiger partial charge is 0.327 e. The van der Waals surface area contributed by atoms with E-state index in [1.165, 1.54) is 42.3 Å². The summed E-state index contributed by atoms with van der Waals surface area (Å²) < 4.78 is 52.2. The van der Waals surface area contributed by atoms with Crippen LogP contribution >= 0.6 is 11.8 Å². The number of hydrogen-bond donors (Lipinski definition) is 4. The first kappa shape index (κ1) is 51.5. The van der Waals surface area contributed by atoms with Gasteiger partial charge in [-0.2, -0.15) is 0 Å². The van der Waals surface area contributed by atoms with Crippen molar-refractivity contribution in [3.8, 4) is 11.1 Å². The molecule has 4 rings (SSSR count). The zero-order valence-corrected chi connectivity index (χ0v) is 37.3. The summed E-state index contributed by atoms with van der Waals surface area (Å²) in [4.78, 5) is 33.5. The highest BCUT2D eigenvalue weighted by Crippen LogP contribution is 2.42. The molecule has 0 aliphatic carbocycles. The Bertz CT molecular complexity index is 1720. The molecule has 3 atom stereocenters. The maximum atomic E-state index is 14.6. The number of unbranched alkanes of at least 4 members (excludes halogenated alkanes) is 1. The molecule has 12 nitrogen and oxygen atoms in total. The summed E-state index contributed by atoms with van der Waals surface area (Å²) in [6, 6.07) is 15.0. The number of ether oxygens (including phenoxy) is 4. The largest absolute Gasteiger partial charge is 0.480 e. The number of carbonyl (C=O) groups is 3. The van der Waals surface area contributed by atoms with Crippen molar-refractivity contribution in [2.24, 2.45) is 17.1 Å². The molecule has 0 spiro atoms. The Labute approximate surface area is 365 Å². The first-order valence-corrected chi connectivity index (χ1v) is 22.5. The van der Waals surface area contributed by atoms with Gasteiger partial charge in [-0.25, -0.2) is 13.6 Å². The van der Waals surface area contributed by atoms with Gasteiger partial charge in [0.25, 0.3) is 0 Å². The van der Waals surface area contributed by atoms with Gasteiger partial charge in [0.2, 0.25) is 11.8 Å². The number of nitrogens with zero attached hydrogens (tertiary/aromatic N) is 1. The second-order valence-corrected chi connectivity index (χ2v) is 17.3. The van der Waals surface area contributed by atoms with Crippen LogP contribution in [0.15, 0.2) is 60.8 Å². The Kier molecular flexibility index (Phi) is 24.2. The quantitative estimate of drug-likeness (QED) is 0.0558. The summed E-state index contributed by atoms with van der Waals surface area (Å²) in [5, 5.41) is 14.9. The summed E-state index contributed by atoms with van der Waals surface area (Å²) in [5.74, 6) is -1.85. The SMILES string of the molecule is CC(C)(C)[C@@H](CCC1CCNC1)c1cc(-c2cc(F)ccc2F)cn1Cc1ccccc1.CCCCOCCOCCOCCOCCC(=O)N[C@@H](CSCC(N)=O)C(=O)O. The summed E-state index contributed by atoms with van der Waals surface area (Å²) in [6.07, 6.45) is 7.70. The molecule has 0 radical (unpaired) electrons. The first-order chi connectivity index (χ1) is 29.3. The number of carbonyl (C=O) groups excluding carboxylic acids is 2. The Morgan fingerprint density at radius 3 is 2.20 bits per heavy atom. The predicted molar refractivity (Wildman–Crippen MR) is 237 cm³/mol. The van der Waals surface area contributed by atoms with Crippen molar-refractivity contribution < 1.29 is 47.2 Å². The maximum absolute atomic E-state index is 14.6. The van der Waals surface area contributed by atoms with Crippen molar-refractivity contribution in [2.45, 2.75) is 84.7 Å². The lowest BCUT2D eigenvalue weighted by Gasteiger charge is -2.33. The number of aromatic nitrogens is 1. The molecule has 3 aromatic rings. The molecule has 340 valence electrons. The van der Waals surface area contributed by atoms with Crippen molar-refractivity contribution in [1.29, 1.82) is 0 Å². The third-order valence-corrected chi connectivity index (χ3v) is 11.2. The van der Waals surface area contributed by atoms with E-state index in [-0.39, 0.29) is 35.8 Å². The zero-order valence-electron chi connectivity index (χ0n) is 36.4. The lowest BCUT2D eigenvalue weighted by Crippen LogP contribution is -2.43. The van der Waals surface area contributed by atoms with E-state index in [1.807, 2.05) is 24.4 Å². The van der Waals surface area contributed by atoms with Gasteiger partial charge in [0.15, 0.2) is 0 Å². The molecule has 5 N–H and O–H groups in total. The van der Waals surface area contributed by atoms with E-state index >= 15 is 0 Å². The number of thioether (sulfide) groups is 1. The molecular weight excluding hydrogens is 807 g/mol. The van der Waals surface area contributed by atoms with Crippen LogP contribution in [0.2, 0.25) is 0 Å². The minimum Gasteiger partial charge on any atom is -0.480 e. The van der Waals surface area contributed by atoms with E-state index in [0.29, 0.717) is 57.7 Å². The first-order valence-electron chi connectivity index (χ1n) is 21.4. The van der Waals surface area contributed by atoms with Gasteiger partial charge in [0.05, 0.1) is 52.0 Å². The molecule has 0 bridgehead atoms. The van der Waals surface area contributed by atoms with Crippen LogP contribution < -0.4 is 16.4 Å². The van der Waals surface area contributed by atoms with Gasteiger partial charge in [0.1, 0.15) is 17.7 Å². The summed E-state index contributed by atoms with van der Waals surface area (Å²) in [7, 11) is 0. The molecule has 15 heteroatoms. The van der Waals surface area contributed by atoms with Crippen LogP contribution in [0.1, 0.15) is 83.4 Å². The highest BCUT2D eigenvalue weighted by atomic mass is 32.2. The number of primary amides is 1. The number of carboxylic acids is 1. The molecule has 61 heavy (non-hydrogen) atoms. The molecule has 2 heterocycles. The van der Waals surface area contributed by atoms with Crippen LogP contribution in [0, 0.1) is 23.0 Å². The van der Waals surface area contributed by atoms with Gasteiger partial charge in [-0.3, -0.25) is 9.59 Å². The molecule has 1 aromatic heterocycles. The van der Waals surface area contributed by atoms with Crippen molar-refractivity contribution in [1.82, 2.24) is 15.2 Å². The lowest BCUT2D eigenvalue weighted by atomic mass is 9.75. The monoisotopic (exact) mass is 874 g/mol. The Balaban J connectivity index is 0.000000328. The molecule has 1 aliphatic heterocycles. The van der Waals surface area contributed by atoms with Gasteiger partial charge in [0, 0.05) is 54.3 Å². The van der Waals surface area contributed by atoms with Crippen LogP contribution in [-0.2, 0) is 39.9 Å². The summed E-state index contributed by atoms with van der Waals surface area (Å²) in [6.45, 7) is 15.5. The number of hydrogen-bond acceptors (Lipinski definition) is 9. The standard InChI is InChI=1S/C28H34F2N2.C18H34N2O8S/c1-28(2,3)25(11-9-20-13-14-31-17-20)27-15-22(24-16-23(29)10-12-26(24)30)19-32(27)18-21-7-5-4-6-8-21;1-2-3-5-25-7-9-27-11-12-28-10-8-26-6-4-17(22)20-15(18(23)24)13-29-14-16(19)21/h4-8,10,12,15-16,19-20,25,31H,9,11,13-14,17-18H2,1-3H3;15H,2-14H2,1H3,(H2,19,21)(H,20,22)(H,23,24)/t20?,25-;15-/m00/s1. The van der Waals surface area contributed by atoms with E-state index in [4.69, 9.17) is 29.8 Å². The number of nitrogens with two attached hydrogens (primary N) is 1. The fourth-order valence-electron chi connectivity index (χ4n) is 6.89. The van der Waals surface area contributed by atoms with Crippen molar-refractivity contribution in [3.05, 3.63) is 83.7 Å². The second-order valence-electron chi connectivity index (χ2n) is 16.2. The minimum absolute atomic E-state index is 0.000534. The minimum atomic E-state index is -1.17. The van der Waals surface area contributed by atoms with E-state index in [9.17, 15) is 23.2 Å². The molecule has 1 unspecified atom stereocenters. The number of nitrogens with one attached hydrogen (secondary N) is 2. The number of benzene rings is 2. The highest BCUT2D eigenvalue weighted by molar-refractivity contribution is 8.00. The normalized spacial score (nSPS) is 14.9. The molecule has 1 fully saturated rings. The Morgan fingerprint density at radius 2 is 1.61 bits per heavy atom. The number of rotatable bonds is 28. The van der Waals surface area contributed by atoms with Crippen LogP contribution in [0.5, 0.6) is 0 Å². The number of amides is 2. The summed E-state index contributed by atoms with van der Waals surface area (Å²) in [5.41, 5.74) is 8.50. The number of aliphatic carboxylic acids is 1. The van der Waals surface area contributed by atoms with E-state index in [2.05, 4.69) is 61.1 Å². The van der Waals surface area contributed by atoms with Gasteiger partial charge in [-0.15, -0.1) is 11.8 Å². The molecule has 2 aromatic carbocycles. The average Bonchev–Trinajstić information content (AvgIpc) is 3.89. The fraction of sp³-hybridized carbons (Fsp3) is 0.587. The molecule has 0 saturated carbocycles. The average molecular weight is 875 g/mol. The third-order valence-electron chi connectivity index (χ3n) is 10.2. The van der Waals surface area contributed by atoms with E-state index < -0.39 is 29.6 Å². The molecule has 1 aliphatic rings. The van der Waals surface area contributed by atoms with Gasteiger partial charge in [-0.1, -0.05) is 64.4 Å². The van der Waals surface area contributed by atoms with Gasteiger partial charge >= 0.3 is 5.97 Å². The molecular formula is C46H68F2N4O8S. The topological polar surface area (TPSA) is 163 Å².